The first-order valence-electron chi connectivity index (χ1n) is 8.23. The zero-order valence-electron chi connectivity index (χ0n) is 14.3. The molecule has 1 amide bonds. The van der Waals surface area contributed by atoms with E-state index in [4.69, 9.17) is 0 Å². The Morgan fingerprint density at radius 1 is 1.08 bits per heavy atom. The highest BCUT2D eigenvalue weighted by Crippen LogP contribution is 2.08. The van der Waals surface area contributed by atoms with Crippen LogP contribution in [0.3, 0.4) is 0 Å². The fourth-order valence-electron chi connectivity index (χ4n) is 2.62. The van der Waals surface area contributed by atoms with E-state index in [9.17, 15) is 9.59 Å². The zero-order valence-corrected chi connectivity index (χ0v) is 14.3. The van der Waals surface area contributed by atoms with Gasteiger partial charge in [0.15, 0.2) is 0 Å². The Balaban J connectivity index is 1.72. The molecular weight excluding hydrogens is 316 g/mol. The molecule has 25 heavy (non-hydrogen) atoms. The molecule has 0 spiro atoms. The van der Waals surface area contributed by atoms with Crippen LogP contribution in [0.25, 0.3) is 10.9 Å². The maximum atomic E-state index is 12.4. The molecule has 0 N–H and O–H groups in total. The second kappa shape index (κ2) is 7.25. The number of carbonyl (C=O) groups is 1. The predicted octanol–water partition coefficient (Wildman–Crippen LogP) is 2.01. The molecule has 6 heteroatoms. The Morgan fingerprint density at radius 2 is 1.76 bits per heavy atom. The molecule has 0 aliphatic rings. The summed E-state index contributed by atoms with van der Waals surface area (Å²) < 4.78 is 1.11. The fraction of sp³-hybridized carbons (Fsp3) is 0.263. The highest BCUT2D eigenvalue weighted by Gasteiger charge is 2.13. The molecule has 0 unspecified atom stereocenters. The molecule has 3 rings (SSSR count). The van der Waals surface area contributed by atoms with Crippen LogP contribution in [0.5, 0.6) is 0 Å². The van der Waals surface area contributed by atoms with E-state index >= 15 is 0 Å². The second-order valence-electron chi connectivity index (χ2n) is 5.99. The minimum atomic E-state index is -0.306. The summed E-state index contributed by atoms with van der Waals surface area (Å²) in [7, 11) is 1.72. The third kappa shape index (κ3) is 3.74. The van der Waals surface area contributed by atoms with E-state index in [1.54, 1.807) is 36.2 Å². The standard InChI is InChI=1S/C19H20N4O2/c1-3-14-8-10-15(11-9-14)12-22(2)18(24)13-23-19(25)16-6-4-5-7-17(16)20-21-23/h4-11H,3,12-13H2,1-2H3. The molecule has 0 fully saturated rings. The van der Waals surface area contributed by atoms with E-state index in [1.165, 1.54) is 5.56 Å². The van der Waals surface area contributed by atoms with E-state index in [0.717, 1.165) is 16.7 Å². The molecule has 0 aliphatic carbocycles. The number of rotatable bonds is 5. The minimum absolute atomic E-state index is 0.125. The van der Waals surface area contributed by atoms with Crippen LogP contribution in [-0.2, 0) is 24.3 Å². The SMILES string of the molecule is CCc1ccc(CN(C)C(=O)Cn2nnc3ccccc3c2=O)cc1. The van der Waals surface area contributed by atoms with Crippen LogP contribution in [0.4, 0.5) is 0 Å². The van der Waals surface area contributed by atoms with Crippen LogP contribution in [0.2, 0.25) is 0 Å². The van der Waals surface area contributed by atoms with Gasteiger partial charge in [-0.05, 0) is 29.7 Å². The highest BCUT2D eigenvalue weighted by atomic mass is 16.2. The number of aryl methyl sites for hydroxylation is 1. The molecule has 1 aromatic heterocycles. The first-order chi connectivity index (χ1) is 12.1. The maximum absolute atomic E-state index is 12.4. The van der Waals surface area contributed by atoms with E-state index in [1.807, 2.05) is 12.1 Å². The summed E-state index contributed by atoms with van der Waals surface area (Å²) in [6.45, 7) is 2.46. The van der Waals surface area contributed by atoms with Crippen molar-refractivity contribution in [3.63, 3.8) is 0 Å². The van der Waals surface area contributed by atoms with Gasteiger partial charge in [0.1, 0.15) is 12.1 Å². The number of carbonyl (C=O) groups excluding carboxylic acids is 1. The number of hydrogen-bond acceptors (Lipinski definition) is 4. The molecule has 0 atom stereocenters. The number of aromatic nitrogens is 3. The van der Waals surface area contributed by atoms with Crippen molar-refractivity contribution in [1.82, 2.24) is 19.9 Å². The summed E-state index contributed by atoms with van der Waals surface area (Å²) in [4.78, 5) is 26.4. The lowest BCUT2D eigenvalue weighted by Gasteiger charge is -2.17. The molecule has 0 saturated carbocycles. The monoisotopic (exact) mass is 336 g/mol. The van der Waals surface area contributed by atoms with E-state index in [2.05, 4.69) is 29.4 Å². The van der Waals surface area contributed by atoms with Crippen LogP contribution < -0.4 is 5.56 Å². The summed E-state index contributed by atoms with van der Waals surface area (Å²) in [6.07, 6.45) is 0.985. The van der Waals surface area contributed by atoms with E-state index in [-0.39, 0.29) is 18.0 Å². The third-order valence-corrected chi connectivity index (χ3v) is 4.19. The van der Waals surface area contributed by atoms with Crippen molar-refractivity contribution in [3.8, 4) is 0 Å². The molecule has 0 bridgehead atoms. The van der Waals surface area contributed by atoms with Gasteiger partial charge in [0, 0.05) is 13.6 Å². The van der Waals surface area contributed by atoms with Gasteiger partial charge in [0.2, 0.25) is 5.91 Å². The summed E-state index contributed by atoms with van der Waals surface area (Å²) in [5.74, 6) is -0.189. The molecule has 0 saturated heterocycles. The van der Waals surface area contributed by atoms with Gasteiger partial charge >= 0.3 is 0 Å². The van der Waals surface area contributed by atoms with E-state index in [0.29, 0.717) is 17.4 Å². The van der Waals surface area contributed by atoms with Crippen LogP contribution in [0.15, 0.2) is 53.3 Å². The van der Waals surface area contributed by atoms with Gasteiger partial charge in [-0.2, -0.15) is 0 Å². The Kier molecular flexibility index (Phi) is 4.88. The van der Waals surface area contributed by atoms with Gasteiger partial charge < -0.3 is 4.90 Å². The van der Waals surface area contributed by atoms with Gasteiger partial charge in [-0.1, -0.05) is 48.5 Å². The maximum Gasteiger partial charge on any atom is 0.278 e. The van der Waals surface area contributed by atoms with Crippen molar-refractivity contribution >= 4 is 16.8 Å². The third-order valence-electron chi connectivity index (χ3n) is 4.19. The average molecular weight is 336 g/mol. The topological polar surface area (TPSA) is 68.1 Å². The van der Waals surface area contributed by atoms with Crippen molar-refractivity contribution in [2.24, 2.45) is 0 Å². The van der Waals surface area contributed by atoms with Crippen molar-refractivity contribution in [2.75, 3.05) is 7.05 Å². The molecule has 0 radical (unpaired) electrons. The lowest BCUT2D eigenvalue weighted by atomic mass is 10.1. The lowest BCUT2D eigenvalue weighted by Crippen LogP contribution is -2.35. The van der Waals surface area contributed by atoms with Crippen LogP contribution in [-0.4, -0.2) is 32.8 Å². The van der Waals surface area contributed by atoms with Crippen molar-refractivity contribution in [1.29, 1.82) is 0 Å². The molecule has 128 valence electrons. The number of likely N-dealkylation sites (N-methyl/N-ethyl adjacent to an activating group) is 1. The Labute approximate surface area is 145 Å². The van der Waals surface area contributed by atoms with Gasteiger partial charge in [-0.25, -0.2) is 4.68 Å². The number of benzene rings is 2. The summed E-state index contributed by atoms with van der Waals surface area (Å²) >= 11 is 0. The molecule has 6 nitrogen and oxygen atoms in total. The van der Waals surface area contributed by atoms with Gasteiger partial charge in [0.05, 0.1) is 5.39 Å². The van der Waals surface area contributed by atoms with Crippen LogP contribution in [0.1, 0.15) is 18.1 Å². The van der Waals surface area contributed by atoms with Crippen LogP contribution >= 0.6 is 0 Å². The zero-order chi connectivity index (χ0) is 17.8. The quantitative estimate of drug-likeness (QED) is 0.715. The summed E-state index contributed by atoms with van der Waals surface area (Å²) in [5.41, 5.74) is 2.53. The molecule has 0 aliphatic heterocycles. The molecule has 2 aromatic carbocycles. The average Bonchev–Trinajstić information content (AvgIpc) is 2.64. The highest BCUT2D eigenvalue weighted by molar-refractivity contribution is 5.78. The number of amides is 1. The lowest BCUT2D eigenvalue weighted by molar-refractivity contribution is -0.131. The summed E-state index contributed by atoms with van der Waals surface area (Å²) in [5, 5.41) is 8.33. The van der Waals surface area contributed by atoms with Crippen molar-refractivity contribution in [3.05, 3.63) is 70.0 Å². The molecule has 3 aromatic rings. The second-order valence-corrected chi connectivity index (χ2v) is 5.99. The smallest absolute Gasteiger partial charge is 0.278 e. The van der Waals surface area contributed by atoms with Gasteiger partial charge in [0.25, 0.3) is 5.56 Å². The van der Waals surface area contributed by atoms with Crippen molar-refractivity contribution < 1.29 is 4.79 Å². The predicted molar refractivity (Wildman–Crippen MR) is 96.1 cm³/mol. The first kappa shape index (κ1) is 16.8. The number of fused-ring (bicyclic) bond motifs is 1. The van der Waals surface area contributed by atoms with Crippen molar-refractivity contribution in [2.45, 2.75) is 26.4 Å². The Hall–Kier alpha value is -3.02. The Bertz CT molecular complexity index is 948. The summed E-state index contributed by atoms with van der Waals surface area (Å²) in [6, 6.07) is 15.1. The molecule has 1 heterocycles. The molecular formula is C19H20N4O2. The van der Waals surface area contributed by atoms with E-state index < -0.39 is 0 Å². The largest absolute Gasteiger partial charge is 0.340 e. The van der Waals surface area contributed by atoms with Gasteiger partial charge in [-0.3, -0.25) is 9.59 Å². The Morgan fingerprint density at radius 3 is 2.48 bits per heavy atom. The number of hydrogen-bond donors (Lipinski definition) is 0. The van der Waals surface area contributed by atoms with Crippen LogP contribution in [0, 0.1) is 0 Å². The number of nitrogens with zero attached hydrogens (tertiary/aromatic N) is 4. The van der Waals surface area contributed by atoms with Gasteiger partial charge in [-0.15, -0.1) is 5.10 Å². The fourth-order valence-corrected chi connectivity index (χ4v) is 2.62. The normalized spacial score (nSPS) is 10.8. The first-order valence-corrected chi connectivity index (χ1v) is 8.23. The minimum Gasteiger partial charge on any atom is -0.340 e.